The van der Waals surface area contributed by atoms with Gasteiger partial charge in [-0.15, -0.1) is 23.2 Å². The first-order valence-corrected chi connectivity index (χ1v) is 12.6. The number of nitrogens with one attached hydrogen (secondary N) is 1. The first-order chi connectivity index (χ1) is 18.1. The fourth-order valence-electron chi connectivity index (χ4n) is 3.27. The van der Waals surface area contributed by atoms with Crippen LogP contribution in [0.4, 0.5) is 21.0 Å². The number of anilines is 2. The maximum Gasteiger partial charge on any atom is 0.414 e. The molecule has 0 fully saturated rings. The number of hydrogen-bond donors (Lipinski definition) is 3. The molecule has 0 bridgehead atoms. The summed E-state index contributed by atoms with van der Waals surface area (Å²) in [5.41, 5.74) is 2.19. The molecule has 2 aromatic rings. The molecule has 0 aliphatic carbocycles. The highest BCUT2D eigenvalue weighted by Gasteiger charge is 2.22. The van der Waals surface area contributed by atoms with Crippen molar-refractivity contribution in [3.05, 3.63) is 54.1 Å². The van der Waals surface area contributed by atoms with Crippen molar-refractivity contribution < 1.29 is 38.9 Å². The summed E-state index contributed by atoms with van der Waals surface area (Å²) in [6.07, 6.45) is -2.32. The van der Waals surface area contributed by atoms with Gasteiger partial charge in [0.25, 0.3) is 0 Å². The van der Waals surface area contributed by atoms with Crippen LogP contribution in [0.3, 0.4) is 0 Å². The predicted molar refractivity (Wildman–Crippen MR) is 143 cm³/mol. The van der Waals surface area contributed by atoms with Gasteiger partial charge in [-0.2, -0.15) is 0 Å². The third kappa shape index (κ3) is 9.98. The molecule has 3 N–H and O–H groups in total. The first-order valence-electron chi connectivity index (χ1n) is 11.5. The topological polar surface area (TPSA) is 146 Å². The van der Waals surface area contributed by atoms with E-state index in [9.17, 15) is 19.2 Å². The molecular weight excluding hydrogens is 541 g/mol. The molecular formula is C25H29Cl2N3O8. The zero-order valence-electron chi connectivity index (χ0n) is 20.6. The molecule has 206 valence electrons. The van der Waals surface area contributed by atoms with Crippen LogP contribution in [-0.2, 0) is 20.9 Å². The van der Waals surface area contributed by atoms with Gasteiger partial charge in [-0.3, -0.25) is 9.69 Å². The second-order valence-corrected chi connectivity index (χ2v) is 8.75. The number of benzene rings is 2. The molecule has 2 aromatic carbocycles. The monoisotopic (exact) mass is 569 g/mol. The van der Waals surface area contributed by atoms with Crippen molar-refractivity contribution >= 4 is 58.7 Å². The van der Waals surface area contributed by atoms with Gasteiger partial charge >= 0.3 is 24.1 Å². The number of carboxylic acids is 2. The van der Waals surface area contributed by atoms with Gasteiger partial charge in [0.15, 0.2) is 0 Å². The Bertz CT molecular complexity index is 1080. The largest absolute Gasteiger partial charge is 0.481 e. The molecule has 0 unspecified atom stereocenters. The van der Waals surface area contributed by atoms with Crippen molar-refractivity contribution in [2.45, 2.75) is 25.5 Å². The number of carbonyl (C=O) groups excluding carboxylic acids is 2. The Balaban J connectivity index is 1.87. The third-order valence-corrected chi connectivity index (χ3v) is 5.66. The number of carbonyl (C=O) groups is 4. The van der Waals surface area contributed by atoms with Gasteiger partial charge in [0.1, 0.15) is 18.4 Å². The Hall–Kier alpha value is -3.70. The molecule has 0 aromatic heterocycles. The van der Waals surface area contributed by atoms with E-state index >= 15 is 0 Å². The number of rotatable bonds is 14. The minimum absolute atomic E-state index is 0.0385. The fraction of sp³-hybridized carbons (Fsp3) is 0.360. The van der Waals surface area contributed by atoms with E-state index in [1.165, 1.54) is 17.0 Å². The van der Waals surface area contributed by atoms with Crippen LogP contribution in [-0.4, -0.2) is 72.3 Å². The molecule has 0 heterocycles. The van der Waals surface area contributed by atoms with Crippen LogP contribution >= 0.6 is 23.2 Å². The third-order valence-electron chi connectivity index (χ3n) is 5.32. The molecule has 0 radical (unpaired) electrons. The Morgan fingerprint density at radius 1 is 0.921 bits per heavy atom. The average Bonchev–Trinajstić information content (AvgIpc) is 2.89. The molecule has 13 heteroatoms. The van der Waals surface area contributed by atoms with Crippen LogP contribution in [0, 0.1) is 0 Å². The van der Waals surface area contributed by atoms with E-state index in [1.54, 1.807) is 31.3 Å². The summed E-state index contributed by atoms with van der Waals surface area (Å²) >= 11 is 11.7. The van der Waals surface area contributed by atoms with E-state index in [0.717, 1.165) is 5.69 Å². The lowest BCUT2D eigenvalue weighted by Gasteiger charge is -2.24. The Labute approximate surface area is 229 Å². The van der Waals surface area contributed by atoms with Gasteiger partial charge in [-0.1, -0.05) is 12.1 Å². The minimum Gasteiger partial charge on any atom is -0.481 e. The summed E-state index contributed by atoms with van der Waals surface area (Å²) < 4.78 is 10.4. The number of nitrogens with zero attached hydrogens (tertiary/aromatic N) is 2. The smallest absolute Gasteiger partial charge is 0.414 e. The van der Waals surface area contributed by atoms with Crippen molar-refractivity contribution in [2.24, 2.45) is 0 Å². The van der Waals surface area contributed by atoms with Gasteiger partial charge in [0.2, 0.25) is 0 Å². The maximum absolute atomic E-state index is 12.5. The molecule has 38 heavy (non-hydrogen) atoms. The molecule has 1 atom stereocenters. The van der Waals surface area contributed by atoms with Crippen LogP contribution in [0.1, 0.15) is 18.4 Å². The lowest BCUT2D eigenvalue weighted by Crippen LogP contribution is -2.42. The van der Waals surface area contributed by atoms with Crippen LogP contribution < -0.4 is 19.9 Å². The van der Waals surface area contributed by atoms with E-state index in [0.29, 0.717) is 36.1 Å². The van der Waals surface area contributed by atoms with Gasteiger partial charge in [-0.25, -0.2) is 14.4 Å². The van der Waals surface area contributed by atoms with Crippen LogP contribution in [0.2, 0.25) is 0 Å². The highest BCUT2D eigenvalue weighted by atomic mass is 35.5. The highest BCUT2D eigenvalue weighted by Crippen LogP contribution is 2.21. The molecule has 2 amide bonds. The SMILES string of the molecule is CN(C(=O)OCc1ccc(OC(=O)N[C@@H](CCC(=O)O)C(=O)O)cc1)c1ccc(N(CCCl)CCCl)cc1. The summed E-state index contributed by atoms with van der Waals surface area (Å²) in [5, 5.41) is 19.9. The summed E-state index contributed by atoms with van der Waals surface area (Å²) in [6.45, 7) is 1.26. The zero-order chi connectivity index (χ0) is 28.1. The summed E-state index contributed by atoms with van der Waals surface area (Å²) in [7, 11) is 1.59. The second kappa shape index (κ2) is 15.5. The quantitative estimate of drug-likeness (QED) is 0.285. The molecule has 0 aliphatic heterocycles. The van der Waals surface area contributed by atoms with Crippen molar-refractivity contribution in [1.29, 1.82) is 0 Å². The number of halogens is 2. The lowest BCUT2D eigenvalue weighted by atomic mass is 10.1. The number of ether oxygens (including phenoxy) is 2. The Morgan fingerprint density at radius 3 is 2.03 bits per heavy atom. The molecule has 11 nitrogen and oxygen atoms in total. The van der Waals surface area contributed by atoms with Gasteiger partial charge < -0.3 is 29.9 Å². The lowest BCUT2D eigenvalue weighted by molar-refractivity contribution is -0.140. The van der Waals surface area contributed by atoms with Crippen LogP contribution in [0.25, 0.3) is 0 Å². The standard InChI is InChI=1S/C25H29Cl2N3O8/c1-29(18-4-6-19(7-5-18)30(14-12-26)15-13-27)25(36)37-16-17-2-8-20(9-3-17)38-24(35)28-21(23(33)34)10-11-22(31)32/h2-9,21H,10-16H2,1H3,(H,28,35)(H,31,32)(H,33,34)/t21-/m0/s1. The second-order valence-electron chi connectivity index (χ2n) is 8.00. The van der Waals surface area contributed by atoms with Crippen LogP contribution in [0.5, 0.6) is 5.75 Å². The van der Waals surface area contributed by atoms with Crippen molar-refractivity contribution in [3.8, 4) is 5.75 Å². The van der Waals surface area contributed by atoms with Crippen molar-refractivity contribution in [3.63, 3.8) is 0 Å². The Morgan fingerprint density at radius 2 is 1.50 bits per heavy atom. The average molecular weight is 570 g/mol. The van der Waals surface area contributed by atoms with Gasteiger partial charge in [0, 0.05) is 49.7 Å². The molecule has 0 aliphatic rings. The molecule has 0 spiro atoms. The van der Waals surface area contributed by atoms with E-state index in [2.05, 4.69) is 5.32 Å². The van der Waals surface area contributed by atoms with Gasteiger partial charge in [-0.05, 0) is 48.4 Å². The number of alkyl halides is 2. The molecule has 0 saturated carbocycles. The Kier molecular flexibility index (Phi) is 12.5. The number of carboxylic acid groups (broad SMARTS) is 2. The number of amides is 2. The number of aliphatic carboxylic acids is 2. The molecule has 2 rings (SSSR count). The normalized spacial score (nSPS) is 11.2. The van der Waals surface area contributed by atoms with E-state index in [1.807, 2.05) is 17.0 Å². The van der Waals surface area contributed by atoms with E-state index in [-0.39, 0.29) is 18.8 Å². The first kappa shape index (κ1) is 30.5. The highest BCUT2D eigenvalue weighted by molar-refractivity contribution is 6.18. The van der Waals surface area contributed by atoms with E-state index < -0.39 is 36.6 Å². The minimum atomic E-state index is -1.40. The summed E-state index contributed by atoms with van der Waals surface area (Å²) in [6, 6.07) is 12.0. The predicted octanol–water partition coefficient (Wildman–Crippen LogP) is 4.15. The molecule has 0 saturated heterocycles. The maximum atomic E-state index is 12.5. The zero-order valence-corrected chi connectivity index (χ0v) is 22.2. The van der Waals surface area contributed by atoms with Crippen molar-refractivity contribution in [1.82, 2.24) is 5.32 Å². The van der Waals surface area contributed by atoms with Crippen LogP contribution in [0.15, 0.2) is 48.5 Å². The number of hydrogen-bond acceptors (Lipinski definition) is 7. The van der Waals surface area contributed by atoms with E-state index in [4.69, 9.17) is 42.9 Å². The fourth-order valence-corrected chi connectivity index (χ4v) is 3.67. The van der Waals surface area contributed by atoms with Gasteiger partial charge in [0.05, 0.1) is 0 Å². The van der Waals surface area contributed by atoms with Crippen molar-refractivity contribution in [2.75, 3.05) is 41.7 Å². The summed E-state index contributed by atoms with van der Waals surface area (Å²) in [5.74, 6) is -1.51. The summed E-state index contributed by atoms with van der Waals surface area (Å²) in [4.78, 5) is 49.7.